The number of unbranched alkanes of at least 4 members (excludes halogenated alkanes) is 1. The molecule has 0 bridgehead atoms. The van der Waals surface area contributed by atoms with Gasteiger partial charge in [-0.2, -0.15) is 0 Å². The van der Waals surface area contributed by atoms with E-state index in [2.05, 4.69) is 6.92 Å². The van der Waals surface area contributed by atoms with Crippen molar-refractivity contribution in [1.82, 2.24) is 0 Å². The second kappa shape index (κ2) is 6.38. The topological polar surface area (TPSA) is 26.3 Å². The van der Waals surface area contributed by atoms with E-state index in [1.807, 2.05) is 0 Å². The van der Waals surface area contributed by atoms with Gasteiger partial charge in [-0.25, -0.2) is 0 Å². The van der Waals surface area contributed by atoms with Crippen LogP contribution < -0.4 is 0 Å². The van der Waals surface area contributed by atoms with Crippen molar-refractivity contribution in [1.29, 1.82) is 0 Å². The first-order chi connectivity index (χ1) is 4.31. The van der Waals surface area contributed by atoms with Crippen molar-refractivity contribution in [2.24, 2.45) is 0 Å². The Labute approximate surface area is 68.9 Å². The molecule has 0 fully saturated rings. The first kappa shape index (κ1) is 9.26. The van der Waals surface area contributed by atoms with Crippen LogP contribution in [-0.4, -0.2) is 32.9 Å². The fraction of sp³-hybridized carbons (Fsp3) is 0.833. The van der Waals surface area contributed by atoms with Crippen molar-refractivity contribution in [2.45, 2.75) is 26.2 Å². The van der Waals surface area contributed by atoms with Gasteiger partial charge in [0.25, 0.3) is 0 Å². The fourth-order valence-corrected chi connectivity index (χ4v) is 0.876. The first-order valence-corrected chi connectivity index (χ1v) is 4.88. The molecular weight excluding hydrogens is 232 g/mol. The van der Waals surface area contributed by atoms with E-state index in [0.29, 0.717) is 11.1 Å². The van der Waals surface area contributed by atoms with E-state index in [9.17, 15) is 4.79 Å². The summed E-state index contributed by atoms with van der Waals surface area (Å²) in [7, 11) is 0. The van der Waals surface area contributed by atoms with Gasteiger partial charge in [-0.3, -0.25) is 0 Å². The maximum atomic E-state index is 10.6. The molecule has 0 aliphatic heterocycles. The van der Waals surface area contributed by atoms with Gasteiger partial charge in [0.1, 0.15) is 0 Å². The molecule has 0 aromatic heterocycles. The molecule has 0 N–H and O–H groups in total. The number of esters is 1. The van der Waals surface area contributed by atoms with Gasteiger partial charge in [0.15, 0.2) is 0 Å². The van der Waals surface area contributed by atoms with Crippen LogP contribution in [0, 0.1) is 0 Å². The second-order valence-electron chi connectivity index (χ2n) is 1.75. The van der Waals surface area contributed by atoms with Crippen molar-refractivity contribution in [3.8, 4) is 0 Å². The molecule has 54 valence electrons. The molecule has 0 saturated carbocycles. The summed E-state index contributed by atoms with van der Waals surface area (Å²) in [6.45, 7) is 2.06. The monoisotopic (exact) mass is 246 g/mol. The molecule has 0 aromatic rings. The Hall–Kier alpha value is 0.260. The predicted molar refractivity (Wildman–Crippen MR) is 37.6 cm³/mol. The van der Waals surface area contributed by atoms with Crippen LogP contribution in [0.25, 0.3) is 0 Å². The zero-order valence-electron chi connectivity index (χ0n) is 5.59. The molecule has 0 atom stereocenters. The third-order valence-corrected chi connectivity index (χ3v) is 1.33. The van der Waals surface area contributed by atoms with Crippen LogP contribution >= 0.6 is 0 Å². The van der Waals surface area contributed by atoms with Gasteiger partial charge in [0.05, 0.1) is 0 Å². The van der Waals surface area contributed by atoms with Crippen LogP contribution in [0.3, 0.4) is 0 Å². The Morgan fingerprint density at radius 2 is 2.33 bits per heavy atom. The van der Waals surface area contributed by atoms with Crippen molar-refractivity contribution >= 4 is 28.3 Å². The molecular formula is C6H12O2Te. The van der Waals surface area contributed by atoms with Crippen LogP contribution in [0.15, 0.2) is 0 Å². The van der Waals surface area contributed by atoms with Gasteiger partial charge in [0.2, 0.25) is 0 Å². The van der Waals surface area contributed by atoms with Gasteiger partial charge in [-0.1, -0.05) is 0 Å². The van der Waals surface area contributed by atoms with Crippen molar-refractivity contribution in [3.05, 3.63) is 0 Å². The number of rotatable bonds is 4. The van der Waals surface area contributed by atoms with Crippen LogP contribution in [0.1, 0.15) is 26.2 Å². The molecule has 0 rings (SSSR count). The van der Waals surface area contributed by atoms with Crippen molar-refractivity contribution in [3.63, 3.8) is 0 Å². The Kier molecular flexibility index (Phi) is 6.56. The molecule has 9 heavy (non-hydrogen) atoms. The SMILES string of the molecule is CCCCC(=O)OC[TeH]. The molecule has 0 saturated heterocycles. The van der Waals surface area contributed by atoms with E-state index in [0.717, 1.165) is 12.8 Å². The van der Waals surface area contributed by atoms with Crippen molar-refractivity contribution < 1.29 is 9.53 Å². The molecule has 0 amide bonds. The number of hydrogen-bond acceptors (Lipinski definition) is 2. The standard InChI is InChI=1S/C6H12O2Te/c1-2-3-4-6(7)8-5-9/h9H,2-5H2,1H3. The Balaban J connectivity index is 3.06. The molecule has 0 aliphatic carbocycles. The van der Waals surface area contributed by atoms with Gasteiger partial charge in [0, 0.05) is 0 Å². The number of hydrogen-bond donors (Lipinski definition) is 0. The summed E-state index contributed by atoms with van der Waals surface area (Å²) in [6.07, 6.45) is 2.59. The summed E-state index contributed by atoms with van der Waals surface area (Å²) in [4.78, 5) is 10.6. The summed E-state index contributed by atoms with van der Waals surface area (Å²) >= 11 is 1.51. The van der Waals surface area contributed by atoms with E-state index in [1.165, 1.54) is 22.3 Å². The molecule has 0 aliphatic rings. The summed E-state index contributed by atoms with van der Waals surface area (Å²) in [5.74, 6) is -0.0575. The summed E-state index contributed by atoms with van der Waals surface area (Å²) in [6, 6.07) is 0. The van der Waals surface area contributed by atoms with Crippen LogP contribution in [0.4, 0.5) is 0 Å². The molecule has 0 radical (unpaired) electrons. The predicted octanol–water partition coefficient (Wildman–Crippen LogP) is 0.578. The molecule has 0 unspecified atom stereocenters. The Morgan fingerprint density at radius 1 is 1.67 bits per heavy atom. The van der Waals surface area contributed by atoms with Crippen LogP contribution in [0.5, 0.6) is 0 Å². The second-order valence-corrected chi connectivity index (χ2v) is 2.49. The summed E-state index contributed by atoms with van der Waals surface area (Å²) in [5, 5.41) is 0. The minimum absolute atomic E-state index is 0.0575. The molecule has 2 nitrogen and oxygen atoms in total. The zero-order chi connectivity index (χ0) is 7.11. The first-order valence-electron chi connectivity index (χ1n) is 3.07. The van der Waals surface area contributed by atoms with Crippen LogP contribution in [-0.2, 0) is 9.53 Å². The average molecular weight is 244 g/mol. The van der Waals surface area contributed by atoms with Crippen LogP contribution in [0.2, 0.25) is 0 Å². The Bertz CT molecular complexity index is 83.1. The third kappa shape index (κ3) is 6.14. The molecule has 3 heteroatoms. The van der Waals surface area contributed by atoms with Gasteiger partial charge < -0.3 is 0 Å². The number of carbonyl (C=O) groups excluding carboxylic acids is 1. The van der Waals surface area contributed by atoms with Gasteiger partial charge >= 0.3 is 68.6 Å². The maximum absolute atomic E-state index is 10.6. The van der Waals surface area contributed by atoms with Gasteiger partial charge in [-0.05, 0) is 0 Å². The van der Waals surface area contributed by atoms with Gasteiger partial charge in [-0.15, -0.1) is 0 Å². The van der Waals surface area contributed by atoms with E-state index < -0.39 is 0 Å². The van der Waals surface area contributed by atoms with E-state index in [1.54, 1.807) is 0 Å². The average Bonchev–Trinajstić information content (AvgIpc) is 1.85. The summed E-state index contributed by atoms with van der Waals surface area (Å²) < 4.78 is 5.28. The normalized spacial score (nSPS) is 9.11. The molecule has 0 aromatic carbocycles. The third-order valence-electron chi connectivity index (χ3n) is 0.960. The quantitative estimate of drug-likeness (QED) is 0.533. The fourth-order valence-electron chi connectivity index (χ4n) is 0.465. The Morgan fingerprint density at radius 3 is 2.78 bits per heavy atom. The van der Waals surface area contributed by atoms with E-state index in [4.69, 9.17) is 4.74 Å². The minimum atomic E-state index is -0.0575. The van der Waals surface area contributed by atoms with Crippen molar-refractivity contribution in [2.75, 3.05) is 4.65 Å². The molecule has 0 heterocycles. The van der Waals surface area contributed by atoms with E-state index >= 15 is 0 Å². The molecule has 0 spiro atoms. The number of carbonyl (C=O) groups is 1. The zero-order valence-corrected chi connectivity index (χ0v) is 8.14. The van der Waals surface area contributed by atoms with E-state index in [-0.39, 0.29) is 5.97 Å². The summed E-state index contributed by atoms with van der Waals surface area (Å²) in [5.41, 5.74) is 0. The number of ether oxygens (including phenoxy) is 1.